The summed E-state index contributed by atoms with van der Waals surface area (Å²) >= 11 is 0. The summed E-state index contributed by atoms with van der Waals surface area (Å²) in [5, 5.41) is 2.45. The predicted molar refractivity (Wildman–Crippen MR) is 61.0 cm³/mol. The summed E-state index contributed by atoms with van der Waals surface area (Å²) in [6.07, 6.45) is 0. The van der Waals surface area contributed by atoms with Crippen molar-refractivity contribution in [2.75, 3.05) is 13.2 Å². The fourth-order valence-corrected chi connectivity index (χ4v) is 1.41. The van der Waals surface area contributed by atoms with Gasteiger partial charge in [0.1, 0.15) is 0 Å². The first-order chi connectivity index (χ1) is 7.88. The third-order valence-electron chi connectivity index (χ3n) is 1.93. The van der Waals surface area contributed by atoms with Gasteiger partial charge in [-0.15, -0.1) is 0 Å². The number of amides is 1. The maximum atomic E-state index is 11.5. The van der Waals surface area contributed by atoms with E-state index < -0.39 is 10.4 Å². The lowest BCUT2D eigenvalue weighted by Gasteiger charge is -2.04. The van der Waals surface area contributed by atoms with Crippen molar-refractivity contribution in [1.82, 2.24) is 5.32 Å². The molecule has 0 aliphatic heterocycles. The predicted octanol–water partition coefficient (Wildman–Crippen LogP) is 0.544. The molecule has 0 aliphatic carbocycles. The molecule has 0 atom stereocenters. The SMILES string of the molecule is Cc1ccc(C(=O)NCCOS(=O)(=O)O)cc1. The highest BCUT2D eigenvalue weighted by Crippen LogP contribution is 2.02. The van der Waals surface area contributed by atoms with Crippen LogP contribution in [0.4, 0.5) is 0 Å². The number of hydrogen-bond donors (Lipinski definition) is 2. The molecule has 0 radical (unpaired) electrons. The van der Waals surface area contributed by atoms with Crippen molar-refractivity contribution in [3.63, 3.8) is 0 Å². The molecule has 0 heterocycles. The molecule has 2 N–H and O–H groups in total. The molecular weight excluding hydrogens is 246 g/mol. The van der Waals surface area contributed by atoms with Crippen molar-refractivity contribution in [3.8, 4) is 0 Å². The molecule has 1 rings (SSSR count). The van der Waals surface area contributed by atoms with Gasteiger partial charge in [0.2, 0.25) is 0 Å². The summed E-state index contributed by atoms with van der Waals surface area (Å²) in [5.74, 6) is -0.330. The molecule has 7 heteroatoms. The molecule has 0 saturated heterocycles. The molecule has 0 unspecified atom stereocenters. The monoisotopic (exact) mass is 259 g/mol. The highest BCUT2D eigenvalue weighted by Gasteiger charge is 2.06. The van der Waals surface area contributed by atoms with Gasteiger partial charge in [0, 0.05) is 12.1 Å². The van der Waals surface area contributed by atoms with Crippen molar-refractivity contribution in [2.24, 2.45) is 0 Å². The van der Waals surface area contributed by atoms with Crippen molar-refractivity contribution >= 4 is 16.3 Å². The fourth-order valence-electron chi connectivity index (χ4n) is 1.12. The maximum absolute atomic E-state index is 11.5. The summed E-state index contributed by atoms with van der Waals surface area (Å²) in [6.45, 7) is 1.59. The van der Waals surface area contributed by atoms with Crippen LogP contribution in [-0.4, -0.2) is 32.0 Å². The molecule has 6 nitrogen and oxygen atoms in total. The lowest BCUT2D eigenvalue weighted by Crippen LogP contribution is -2.27. The lowest BCUT2D eigenvalue weighted by molar-refractivity contribution is 0.0945. The topological polar surface area (TPSA) is 92.7 Å². The Morgan fingerprint density at radius 2 is 1.94 bits per heavy atom. The van der Waals surface area contributed by atoms with Gasteiger partial charge in [-0.3, -0.25) is 9.35 Å². The number of carbonyl (C=O) groups is 1. The smallest absolute Gasteiger partial charge is 0.350 e. The van der Waals surface area contributed by atoms with Crippen LogP contribution in [0.1, 0.15) is 15.9 Å². The second kappa shape index (κ2) is 5.76. The van der Waals surface area contributed by atoms with E-state index in [1.54, 1.807) is 24.3 Å². The van der Waals surface area contributed by atoms with E-state index in [0.29, 0.717) is 5.56 Å². The number of aryl methyl sites for hydroxylation is 1. The lowest BCUT2D eigenvalue weighted by atomic mass is 10.1. The van der Waals surface area contributed by atoms with Crippen LogP contribution in [0.5, 0.6) is 0 Å². The van der Waals surface area contributed by atoms with Crippen LogP contribution >= 0.6 is 0 Å². The van der Waals surface area contributed by atoms with Crippen molar-refractivity contribution < 1.29 is 21.9 Å². The Morgan fingerprint density at radius 1 is 1.35 bits per heavy atom. The number of carbonyl (C=O) groups excluding carboxylic acids is 1. The third kappa shape index (κ3) is 5.43. The molecule has 94 valence electrons. The minimum Gasteiger partial charge on any atom is -0.350 e. The largest absolute Gasteiger partial charge is 0.397 e. The molecule has 0 fully saturated rings. The average molecular weight is 259 g/mol. The molecule has 1 aromatic rings. The van der Waals surface area contributed by atoms with Gasteiger partial charge in [0.15, 0.2) is 0 Å². The van der Waals surface area contributed by atoms with E-state index in [4.69, 9.17) is 4.55 Å². The van der Waals surface area contributed by atoms with E-state index in [-0.39, 0.29) is 19.1 Å². The van der Waals surface area contributed by atoms with Crippen LogP contribution < -0.4 is 5.32 Å². The quantitative estimate of drug-likeness (QED) is 0.595. The zero-order valence-corrected chi connectivity index (χ0v) is 10.0. The summed E-state index contributed by atoms with van der Waals surface area (Å²) in [5.41, 5.74) is 1.51. The summed E-state index contributed by atoms with van der Waals surface area (Å²) in [7, 11) is -4.44. The molecule has 0 bridgehead atoms. The van der Waals surface area contributed by atoms with Crippen LogP contribution in [-0.2, 0) is 14.6 Å². The maximum Gasteiger partial charge on any atom is 0.397 e. The number of benzene rings is 1. The van der Waals surface area contributed by atoms with Gasteiger partial charge < -0.3 is 5.32 Å². The van der Waals surface area contributed by atoms with Crippen LogP contribution in [0.2, 0.25) is 0 Å². The molecular formula is C10H13NO5S. The first-order valence-electron chi connectivity index (χ1n) is 4.85. The third-order valence-corrected chi connectivity index (χ3v) is 2.40. The minimum absolute atomic E-state index is 0.00744. The Bertz CT molecular complexity index is 480. The van der Waals surface area contributed by atoms with Gasteiger partial charge in [-0.25, -0.2) is 4.18 Å². The minimum atomic E-state index is -4.44. The van der Waals surface area contributed by atoms with E-state index in [1.165, 1.54) is 0 Å². The van der Waals surface area contributed by atoms with Gasteiger partial charge in [0.05, 0.1) is 6.61 Å². The van der Waals surface area contributed by atoms with E-state index in [0.717, 1.165) is 5.56 Å². The number of hydrogen-bond acceptors (Lipinski definition) is 4. The Kier molecular flexibility index (Phi) is 4.62. The molecule has 1 amide bonds. The molecule has 0 aliphatic rings. The van der Waals surface area contributed by atoms with Crippen LogP contribution in [0.15, 0.2) is 24.3 Å². The standard InChI is InChI=1S/C10H13NO5S/c1-8-2-4-9(5-3-8)10(12)11-6-7-16-17(13,14)15/h2-5H,6-7H2,1H3,(H,11,12)(H,13,14,15). The zero-order valence-electron chi connectivity index (χ0n) is 9.21. The second-order valence-corrected chi connectivity index (χ2v) is 4.46. The molecule has 1 aromatic carbocycles. The van der Waals surface area contributed by atoms with Gasteiger partial charge >= 0.3 is 10.4 Å². The van der Waals surface area contributed by atoms with E-state index in [2.05, 4.69) is 9.50 Å². The Hall–Kier alpha value is -1.44. The van der Waals surface area contributed by atoms with Gasteiger partial charge in [-0.2, -0.15) is 8.42 Å². The summed E-state index contributed by atoms with van der Waals surface area (Å²) in [6, 6.07) is 6.91. The first kappa shape index (κ1) is 13.6. The zero-order chi connectivity index (χ0) is 12.9. The van der Waals surface area contributed by atoms with Crippen LogP contribution in [0.25, 0.3) is 0 Å². The first-order valence-corrected chi connectivity index (χ1v) is 6.22. The Balaban J connectivity index is 2.38. The van der Waals surface area contributed by atoms with Crippen molar-refractivity contribution in [2.45, 2.75) is 6.92 Å². The summed E-state index contributed by atoms with van der Waals surface area (Å²) in [4.78, 5) is 11.5. The number of rotatable bonds is 5. The highest BCUT2D eigenvalue weighted by atomic mass is 32.3. The van der Waals surface area contributed by atoms with E-state index in [1.807, 2.05) is 6.92 Å². The van der Waals surface area contributed by atoms with E-state index >= 15 is 0 Å². The molecule has 0 saturated carbocycles. The van der Waals surface area contributed by atoms with Crippen LogP contribution in [0.3, 0.4) is 0 Å². The van der Waals surface area contributed by atoms with Gasteiger partial charge in [0.25, 0.3) is 5.91 Å². The highest BCUT2D eigenvalue weighted by molar-refractivity contribution is 7.80. The van der Waals surface area contributed by atoms with E-state index in [9.17, 15) is 13.2 Å². The van der Waals surface area contributed by atoms with Crippen molar-refractivity contribution in [1.29, 1.82) is 0 Å². The normalized spacial score (nSPS) is 11.2. The fraction of sp³-hybridized carbons (Fsp3) is 0.300. The van der Waals surface area contributed by atoms with Gasteiger partial charge in [-0.1, -0.05) is 17.7 Å². The molecule has 0 aromatic heterocycles. The van der Waals surface area contributed by atoms with Gasteiger partial charge in [-0.05, 0) is 19.1 Å². The average Bonchev–Trinajstić information content (AvgIpc) is 2.24. The summed E-state index contributed by atoms with van der Waals surface area (Å²) < 4.78 is 32.7. The molecule has 17 heavy (non-hydrogen) atoms. The number of nitrogens with one attached hydrogen (secondary N) is 1. The van der Waals surface area contributed by atoms with Crippen LogP contribution in [0, 0.1) is 6.92 Å². The Labute approximate surface area is 99.6 Å². The van der Waals surface area contributed by atoms with Crippen molar-refractivity contribution in [3.05, 3.63) is 35.4 Å². The second-order valence-electron chi connectivity index (χ2n) is 3.37. The Morgan fingerprint density at radius 3 is 2.47 bits per heavy atom. The molecule has 0 spiro atoms.